The zero-order valence-corrected chi connectivity index (χ0v) is 12.7. The second-order valence-corrected chi connectivity index (χ2v) is 5.93. The molecule has 2 aromatic carbocycles. The van der Waals surface area contributed by atoms with Crippen LogP contribution in [0.25, 0.3) is 0 Å². The van der Waals surface area contributed by atoms with E-state index in [1.807, 2.05) is 30.5 Å². The smallest absolute Gasteiger partial charge is 0.0639 e. The second-order valence-electron chi connectivity index (χ2n) is 5.49. The van der Waals surface area contributed by atoms with Crippen LogP contribution in [-0.4, -0.2) is 30.2 Å². The van der Waals surface area contributed by atoms with E-state index in [-0.39, 0.29) is 0 Å². The molecule has 0 spiro atoms. The van der Waals surface area contributed by atoms with Crippen molar-refractivity contribution in [3.63, 3.8) is 0 Å². The lowest BCUT2D eigenvalue weighted by atomic mass is 10.2. The molecule has 0 saturated carbocycles. The highest BCUT2D eigenvalue weighted by molar-refractivity contribution is 6.30. The number of nitrogens with zero attached hydrogens (tertiary/aromatic N) is 2. The summed E-state index contributed by atoms with van der Waals surface area (Å²) in [5.41, 5.74) is 2.49. The number of hydrogen-bond donors (Lipinski definition) is 0. The van der Waals surface area contributed by atoms with E-state index in [1.54, 1.807) is 0 Å². The van der Waals surface area contributed by atoms with Crippen molar-refractivity contribution in [2.75, 3.05) is 13.1 Å². The van der Waals surface area contributed by atoms with E-state index in [4.69, 9.17) is 16.6 Å². The van der Waals surface area contributed by atoms with Gasteiger partial charge in [-0.25, -0.2) is 0 Å². The highest BCUT2D eigenvalue weighted by Crippen LogP contribution is 2.16. The van der Waals surface area contributed by atoms with Crippen LogP contribution >= 0.6 is 11.6 Å². The zero-order valence-electron chi connectivity index (χ0n) is 12.0. The molecule has 0 amide bonds. The highest BCUT2D eigenvalue weighted by Gasteiger charge is 2.21. The van der Waals surface area contributed by atoms with Crippen molar-refractivity contribution in [3.05, 3.63) is 70.7 Å². The number of benzene rings is 2. The summed E-state index contributed by atoms with van der Waals surface area (Å²) in [6, 6.07) is 18.8. The van der Waals surface area contributed by atoms with Crippen LogP contribution in [0.3, 0.4) is 0 Å². The topological polar surface area (TPSA) is 15.6 Å². The summed E-state index contributed by atoms with van der Waals surface area (Å²) in [5.74, 6) is 0. The molecule has 2 nitrogen and oxygen atoms in total. The van der Waals surface area contributed by atoms with Crippen LogP contribution in [0.5, 0.6) is 0 Å². The number of halogens is 1. The van der Waals surface area contributed by atoms with Crippen LogP contribution in [0.1, 0.15) is 17.5 Å². The first-order valence-corrected chi connectivity index (χ1v) is 7.72. The molecule has 108 valence electrons. The van der Waals surface area contributed by atoms with Gasteiger partial charge >= 0.3 is 0 Å². The van der Waals surface area contributed by atoms with Gasteiger partial charge in [0.2, 0.25) is 0 Å². The van der Waals surface area contributed by atoms with Crippen LogP contribution < -0.4 is 0 Å². The van der Waals surface area contributed by atoms with E-state index < -0.39 is 0 Å². The maximum atomic E-state index is 5.88. The van der Waals surface area contributed by atoms with Crippen LogP contribution in [0, 0.1) is 0 Å². The minimum absolute atomic E-state index is 0.407. The van der Waals surface area contributed by atoms with Crippen molar-refractivity contribution in [1.82, 2.24) is 4.90 Å². The quantitative estimate of drug-likeness (QED) is 0.778. The molecule has 3 heteroatoms. The lowest BCUT2D eigenvalue weighted by Crippen LogP contribution is -2.21. The lowest BCUT2D eigenvalue weighted by molar-refractivity contribution is 0.327. The van der Waals surface area contributed by atoms with Gasteiger partial charge in [-0.15, -0.1) is 0 Å². The third-order valence-electron chi connectivity index (χ3n) is 3.80. The predicted molar refractivity (Wildman–Crippen MR) is 89.2 cm³/mol. The van der Waals surface area contributed by atoms with Crippen molar-refractivity contribution in [2.24, 2.45) is 4.99 Å². The van der Waals surface area contributed by atoms with Crippen LogP contribution in [-0.2, 0) is 6.54 Å². The Labute approximate surface area is 131 Å². The molecule has 1 atom stereocenters. The van der Waals surface area contributed by atoms with Gasteiger partial charge in [-0.3, -0.25) is 9.89 Å². The fraction of sp³-hybridized carbons (Fsp3) is 0.278. The summed E-state index contributed by atoms with van der Waals surface area (Å²) < 4.78 is 0. The minimum atomic E-state index is 0.407. The van der Waals surface area contributed by atoms with Crippen molar-refractivity contribution in [1.29, 1.82) is 0 Å². The Kier molecular flexibility index (Phi) is 4.69. The van der Waals surface area contributed by atoms with Crippen molar-refractivity contribution < 1.29 is 0 Å². The minimum Gasteiger partial charge on any atom is -0.297 e. The lowest BCUT2D eigenvalue weighted by Gasteiger charge is -2.14. The molecule has 1 fully saturated rings. The van der Waals surface area contributed by atoms with Gasteiger partial charge in [0.25, 0.3) is 0 Å². The number of likely N-dealkylation sites (tertiary alicyclic amines) is 1. The zero-order chi connectivity index (χ0) is 14.5. The predicted octanol–water partition coefficient (Wildman–Crippen LogP) is 4.03. The second kappa shape index (κ2) is 6.88. The molecule has 1 unspecified atom stereocenters. The van der Waals surface area contributed by atoms with Gasteiger partial charge < -0.3 is 0 Å². The Morgan fingerprint density at radius 2 is 1.86 bits per heavy atom. The molecule has 0 aromatic heterocycles. The fourth-order valence-electron chi connectivity index (χ4n) is 2.66. The summed E-state index contributed by atoms with van der Waals surface area (Å²) in [6.45, 7) is 3.18. The maximum Gasteiger partial charge on any atom is 0.0639 e. The number of aliphatic imine (C=N–C) groups is 1. The summed E-state index contributed by atoms with van der Waals surface area (Å²) in [7, 11) is 0. The van der Waals surface area contributed by atoms with Gasteiger partial charge in [0.15, 0.2) is 0 Å². The number of hydrogen-bond acceptors (Lipinski definition) is 2. The van der Waals surface area contributed by atoms with Gasteiger partial charge in [0, 0.05) is 30.9 Å². The molecular formula is C18H19ClN2. The Hall–Kier alpha value is -1.64. The third-order valence-corrected chi connectivity index (χ3v) is 4.05. The fourth-order valence-corrected chi connectivity index (χ4v) is 2.79. The average molecular weight is 299 g/mol. The first-order chi connectivity index (χ1) is 10.3. The Balaban J connectivity index is 1.53. The molecule has 0 bridgehead atoms. The summed E-state index contributed by atoms with van der Waals surface area (Å²) in [4.78, 5) is 7.18. The van der Waals surface area contributed by atoms with Gasteiger partial charge in [-0.05, 0) is 29.7 Å². The van der Waals surface area contributed by atoms with E-state index >= 15 is 0 Å². The molecule has 0 N–H and O–H groups in total. The van der Waals surface area contributed by atoms with Crippen molar-refractivity contribution >= 4 is 17.8 Å². The molecule has 3 rings (SSSR count). The molecule has 1 aliphatic heterocycles. The van der Waals surface area contributed by atoms with E-state index in [1.165, 1.54) is 5.56 Å². The molecule has 0 radical (unpaired) electrons. The van der Waals surface area contributed by atoms with E-state index in [9.17, 15) is 0 Å². The summed E-state index contributed by atoms with van der Waals surface area (Å²) in [5, 5.41) is 0.766. The van der Waals surface area contributed by atoms with Gasteiger partial charge in [0.1, 0.15) is 0 Å². The molecule has 0 aliphatic carbocycles. The monoisotopic (exact) mass is 298 g/mol. The van der Waals surface area contributed by atoms with Crippen molar-refractivity contribution in [2.45, 2.75) is 19.0 Å². The molecule has 1 heterocycles. The van der Waals surface area contributed by atoms with E-state index in [0.717, 1.165) is 36.6 Å². The molecule has 2 aromatic rings. The normalized spacial score (nSPS) is 19.4. The Bertz CT molecular complexity index is 592. The first kappa shape index (κ1) is 14.3. The molecule has 1 aliphatic rings. The standard InChI is InChI=1S/C18H19ClN2/c19-17-8-6-15(7-9-17)12-20-18-10-11-21(14-18)13-16-4-2-1-3-5-16/h1-9,12,18H,10-11,13-14H2. The highest BCUT2D eigenvalue weighted by atomic mass is 35.5. The summed E-state index contributed by atoms with van der Waals surface area (Å²) >= 11 is 5.88. The Morgan fingerprint density at radius 3 is 2.62 bits per heavy atom. The number of rotatable bonds is 4. The maximum absolute atomic E-state index is 5.88. The van der Waals surface area contributed by atoms with Crippen LogP contribution in [0.15, 0.2) is 59.6 Å². The van der Waals surface area contributed by atoms with Crippen molar-refractivity contribution in [3.8, 4) is 0 Å². The first-order valence-electron chi connectivity index (χ1n) is 7.34. The molecule has 21 heavy (non-hydrogen) atoms. The van der Waals surface area contributed by atoms with E-state index in [2.05, 4.69) is 35.2 Å². The van der Waals surface area contributed by atoms with Gasteiger partial charge in [0.05, 0.1) is 6.04 Å². The van der Waals surface area contributed by atoms with Gasteiger partial charge in [-0.1, -0.05) is 54.1 Å². The molecular weight excluding hydrogens is 280 g/mol. The van der Waals surface area contributed by atoms with E-state index in [0.29, 0.717) is 6.04 Å². The molecule has 1 saturated heterocycles. The summed E-state index contributed by atoms with van der Waals surface area (Å²) in [6.07, 6.45) is 3.10. The van der Waals surface area contributed by atoms with Gasteiger partial charge in [-0.2, -0.15) is 0 Å². The third kappa shape index (κ3) is 4.16. The van der Waals surface area contributed by atoms with Crippen LogP contribution in [0.2, 0.25) is 5.02 Å². The largest absolute Gasteiger partial charge is 0.297 e. The SMILES string of the molecule is Clc1ccc(C=NC2CCN(Cc3ccccc3)C2)cc1. The Morgan fingerprint density at radius 1 is 1.10 bits per heavy atom. The van der Waals surface area contributed by atoms with Crippen LogP contribution in [0.4, 0.5) is 0 Å². The average Bonchev–Trinajstić information content (AvgIpc) is 2.95.